The highest BCUT2D eigenvalue weighted by Crippen LogP contribution is 2.32. The van der Waals surface area contributed by atoms with E-state index < -0.39 is 0 Å². The van der Waals surface area contributed by atoms with E-state index in [0.29, 0.717) is 11.8 Å². The van der Waals surface area contributed by atoms with E-state index in [-0.39, 0.29) is 0 Å². The van der Waals surface area contributed by atoms with Crippen molar-refractivity contribution in [1.29, 1.82) is 0 Å². The van der Waals surface area contributed by atoms with Crippen molar-refractivity contribution in [3.8, 4) is 0 Å². The number of piperidine rings is 1. The molecule has 138 valence electrons. The zero-order valence-electron chi connectivity index (χ0n) is 16.2. The fourth-order valence-corrected chi connectivity index (χ4v) is 3.83. The number of guanidine groups is 1. The average molecular weight is 351 g/mol. The minimum Gasteiger partial charge on any atom is -0.356 e. The molecule has 1 saturated heterocycles. The number of hydrogen-bond donors (Lipinski definition) is 1. The number of pyridine rings is 1. The Kier molecular flexibility index (Phi) is 6.26. The van der Waals surface area contributed by atoms with Crippen molar-refractivity contribution in [3.05, 3.63) is 65.5 Å². The van der Waals surface area contributed by atoms with Crippen LogP contribution in [-0.4, -0.2) is 42.5 Å². The van der Waals surface area contributed by atoms with Crippen LogP contribution in [0, 0.1) is 12.8 Å². The molecule has 2 atom stereocenters. The zero-order valence-corrected chi connectivity index (χ0v) is 16.2. The Balaban J connectivity index is 1.52. The van der Waals surface area contributed by atoms with Crippen LogP contribution in [0.3, 0.4) is 0 Å². The lowest BCUT2D eigenvalue weighted by Gasteiger charge is -2.39. The van der Waals surface area contributed by atoms with Crippen molar-refractivity contribution in [1.82, 2.24) is 15.2 Å². The molecule has 26 heavy (non-hydrogen) atoms. The van der Waals surface area contributed by atoms with E-state index in [1.165, 1.54) is 17.5 Å². The summed E-state index contributed by atoms with van der Waals surface area (Å²) in [6.07, 6.45) is 4.10. The Bertz CT molecular complexity index is 709. The number of likely N-dealkylation sites (tertiary alicyclic amines) is 1. The number of hydrogen-bond acceptors (Lipinski definition) is 2. The lowest BCUT2D eigenvalue weighted by molar-refractivity contribution is 0.234. The normalized spacial score (nSPS) is 20.9. The predicted octanol–water partition coefficient (Wildman–Crippen LogP) is 3.63. The van der Waals surface area contributed by atoms with Gasteiger partial charge in [-0.15, -0.1) is 0 Å². The molecule has 4 nitrogen and oxygen atoms in total. The molecule has 1 aromatic carbocycles. The van der Waals surface area contributed by atoms with Crippen molar-refractivity contribution < 1.29 is 0 Å². The van der Waals surface area contributed by atoms with Crippen LogP contribution >= 0.6 is 0 Å². The summed E-state index contributed by atoms with van der Waals surface area (Å²) in [5, 5.41) is 3.53. The van der Waals surface area contributed by atoms with Crippen LogP contribution < -0.4 is 5.32 Å². The van der Waals surface area contributed by atoms with Crippen LogP contribution in [0.15, 0.2) is 53.7 Å². The maximum absolute atomic E-state index is 4.51. The molecule has 2 unspecified atom stereocenters. The summed E-state index contributed by atoms with van der Waals surface area (Å²) in [4.78, 5) is 11.3. The summed E-state index contributed by atoms with van der Waals surface area (Å²) in [6.45, 7) is 7.35. The Morgan fingerprint density at radius 3 is 2.69 bits per heavy atom. The van der Waals surface area contributed by atoms with Crippen LogP contribution in [0.25, 0.3) is 0 Å². The summed E-state index contributed by atoms with van der Waals surface area (Å²) in [5.41, 5.74) is 3.79. The van der Waals surface area contributed by atoms with Gasteiger partial charge in [-0.25, -0.2) is 0 Å². The molecule has 1 fully saturated rings. The van der Waals surface area contributed by atoms with E-state index in [2.05, 4.69) is 69.6 Å². The van der Waals surface area contributed by atoms with Crippen LogP contribution in [0.4, 0.5) is 0 Å². The quantitative estimate of drug-likeness (QED) is 0.676. The molecular weight excluding hydrogens is 320 g/mol. The monoisotopic (exact) mass is 350 g/mol. The van der Waals surface area contributed by atoms with Gasteiger partial charge in [0.2, 0.25) is 0 Å². The first-order valence-electron chi connectivity index (χ1n) is 9.59. The lowest BCUT2D eigenvalue weighted by atomic mass is 9.82. The third kappa shape index (κ3) is 4.63. The molecule has 3 rings (SSSR count). The molecule has 0 saturated carbocycles. The first-order chi connectivity index (χ1) is 12.7. The van der Waals surface area contributed by atoms with Gasteiger partial charge in [0.15, 0.2) is 5.96 Å². The van der Waals surface area contributed by atoms with E-state index >= 15 is 0 Å². The number of aliphatic imine (C=N–C) groups is 1. The molecule has 1 aliphatic heterocycles. The van der Waals surface area contributed by atoms with Gasteiger partial charge >= 0.3 is 0 Å². The summed E-state index contributed by atoms with van der Waals surface area (Å²) in [6, 6.07) is 15.1. The van der Waals surface area contributed by atoms with Crippen molar-refractivity contribution in [3.63, 3.8) is 0 Å². The summed E-state index contributed by atoms with van der Waals surface area (Å²) >= 11 is 0. The summed E-state index contributed by atoms with van der Waals surface area (Å²) < 4.78 is 0. The fourth-order valence-electron chi connectivity index (χ4n) is 3.83. The minimum absolute atomic E-state index is 0.617. The van der Waals surface area contributed by atoms with Gasteiger partial charge in [0.1, 0.15) is 0 Å². The Morgan fingerprint density at radius 1 is 1.23 bits per heavy atom. The second-order valence-corrected chi connectivity index (χ2v) is 7.26. The molecular formula is C22H30N4. The third-order valence-corrected chi connectivity index (χ3v) is 5.31. The van der Waals surface area contributed by atoms with Gasteiger partial charge < -0.3 is 10.2 Å². The molecule has 4 heteroatoms. The molecule has 2 aromatic rings. The van der Waals surface area contributed by atoms with Gasteiger partial charge in [0.25, 0.3) is 0 Å². The molecule has 0 radical (unpaired) electrons. The standard InChI is InChI=1S/C22H30N4/c1-17-16-26(14-12-21(17)20-7-5-4-6-8-20)22(23-3)24-13-11-19-10-9-18(2)25-15-19/h4-10,15,17,21H,11-14,16H2,1-3H3,(H,23,24). The molecule has 0 bridgehead atoms. The van der Waals surface area contributed by atoms with Gasteiger partial charge in [-0.1, -0.05) is 43.3 Å². The van der Waals surface area contributed by atoms with Crippen molar-refractivity contribution in [2.75, 3.05) is 26.7 Å². The van der Waals surface area contributed by atoms with Crippen molar-refractivity contribution >= 4 is 5.96 Å². The number of aromatic nitrogens is 1. The van der Waals surface area contributed by atoms with E-state index in [0.717, 1.165) is 37.7 Å². The lowest BCUT2D eigenvalue weighted by Crippen LogP contribution is -2.48. The molecule has 0 amide bonds. The van der Waals surface area contributed by atoms with Gasteiger partial charge in [-0.3, -0.25) is 9.98 Å². The molecule has 1 aliphatic rings. The number of nitrogens with zero attached hydrogens (tertiary/aromatic N) is 3. The second kappa shape index (κ2) is 8.84. The van der Waals surface area contributed by atoms with Crippen LogP contribution in [0.1, 0.15) is 36.1 Å². The van der Waals surface area contributed by atoms with Crippen LogP contribution in [0.5, 0.6) is 0 Å². The van der Waals surface area contributed by atoms with Gasteiger partial charge in [-0.05, 0) is 48.8 Å². The van der Waals surface area contributed by atoms with Gasteiger partial charge in [0, 0.05) is 38.6 Å². The molecule has 1 aromatic heterocycles. The zero-order chi connectivity index (χ0) is 18.4. The summed E-state index contributed by atoms with van der Waals surface area (Å²) in [5.74, 6) is 2.28. The smallest absolute Gasteiger partial charge is 0.193 e. The first kappa shape index (κ1) is 18.4. The Morgan fingerprint density at radius 2 is 2.04 bits per heavy atom. The van der Waals surface area contributed by atoms with E-state index in [1.807, 2.05) is 20.2 Å². The van der Waals surface area contributed by atoms with Gasteiger partial charge in [0.05, 0.1) is 0 Å². The topological polar surface area (TPSA) is 40.5 Å². The summed E-state index contributed by atoms with van der Waals surface area (Å²) in [7, 11) is 1.88. The number of rotatable bonds is 4. The van der Waals surface area contributed by atoms with Gasteiger partial charge in [-0.2, -0.15) is 0 Å². The first-order valence-corrected chi connectivity index (χ1v) is 9.59. The average Bonchev–Trinajstić information content (AvgIpc) is 2.67. The van der Waals surface area contributed by atoms with E-state index in [4.69, 9.17) is 0 Å². The van der Waals surface area contributed by atoms with Crippen molar-refractivity contribution in [2.24, 2.45) is 10.9 Å². The molecule has 2 heterocycles. The van der Waals surface area contributed by atoms with E-state index in [9.17, 15) is 0 Å². The Hall–Kier alpha value is -2.36. The SMILES string of the molecule is CN=C(NCCc1ccc(C)nc1)N1CCC(c2ccccc2)C(C)C1. The largest absolute Gasteiger partial charge is 0.356 e. The van der Waals surface area contributed by atoms with Crippen LogP contribution in [-0.2, 0) is 6.42 Å². The van der Waals surface area contributed by atoms with E-state index in [1.54, 1.807) is 0 Å². The molecule has 0 spiro atoms. The number of nitrogens with one attached hydrogen (secondary N) is 1. The van der Waals surface area contributed by atoms with Crippen LogP contribution in [0.2, 0.25) is 0 Å². The maximum atomic E-state index is 4.51. The number of benzene rings is 1. The second-order valence-electron chi connectivity index (χ2n) is 7.26. The highest BCUT2D eigenvalue weighted by Gasteiger charge is 2.28. The molecule has 0 aliphatic carbocycles. The maximum Gasteiger partial charge on any atom is 0.193 e. The minimum atomic E-state index is 0.617. The Labute approximate surface area is 157 Å². The van der Waals surface area contributed by atoms with Crippen molar-refractivity contribution in [2.45, 2.75) is 32.6 Å². The fraction of sp³-hybridized carbons (Fsp3) is 0.455. The highest BCUT2D eigenvalue weighted by molar-refractivity contribution is 5.80. The third-order valence-electron chi connectivity index (χ3n) is 5.31. The predicted molar refractivity (Wildman–Crippen MR) is 109 cm³/mol. The number of aryl methyl sites for hydroxylation is 1. The highest BCUT2D eigenvalue weighted by atomic mass is 15.3. The molecule has 1 N–H and O–H groups in total.